The molecule has 28 heavy (non-hydrogen) atoms. The Labute approximate surface area is 159 Å². The van der Waals surface area contributed by atoms with Crippen LogP contribution in [0.15, 0.2) is 24.3 Å². The van der Waals surface area contributed by atoms with Gasteiger partial charge in [0, 0.05) is 17.4 Å². The van der Waals surface area contributed by atoms with Crippen molar-refractivity contribution in [2.24, 2.45) is 0 Å². The Hall–Kier alpha value is -3.10. The fraction of sp³-hybridized carbons (Fsp3) is 0.316. The van der Waals surface area contributed by atoms with Crippen LogP contribution in [0.1, 0.15) is 52.8 Å². The molecule has 0 radical (unpaired) electrons. The van der Waals surface area contributed by atoms with E-state index in [9.17, 15) is 23.1 Å². The zero-order valence-electron chi connectivity index (χ0n) is 15.7. The fourth-order valence-corrected chi connectivity index (χ4v) is 2.91. The molecule has 6 nitrogen and oxygen atoms in total. The number of hydrogen-bond acceptors (Lipinski definition) is 4. The summed E-state index contributed by atoms with van der Waals surface area (Å²) in [5.74, 6) is -0.527. The maximum absolute atomic E-state index is 13.3. The average molecular weight is 392 g/mol. The quantitative estimate of drug-likeness (QED) is 0.646. The van der Waals surface area contributed by atoms with E-state index in [0.29, 0.717) is 21.3 Å². The van der Waals surface area contributed by atoms with Gasteiger partial charge in [0.1, 0.15) is 11.4 Å². The lowest BCUT2D eigenvalue weighted by molar-refractivity contribution is -0.142. The largest absolute Gasteiger partial charge is 0.508 e. The minimum Gasteiger partial charge on any atom is -0.508 e. The zero-order chi connectivity index (χ0) is 20.8. The monoisotopic (exact) mass is 392 g/mol. The third-order valence-electron chi connectivity index (χ3n) is 4.32. The lowest BCUT2D eigenvalue weighted by Gasteiger charge is -2.14. The van der Waals surface area contributed by atoms with Gasteiger partial charge in [0.05, 0.1) is 0 Å². The summed E-state index contributed by atoms with van der Waals surface area (Å²) in [6.07, 6.45) is -4.63. The van der Waals surface area contributed by atoms with Gasteiger partial charge < -0.3 is 10.4 Å². The molecule has 0 aliphatic rings. The summed E-state index contributed by atoms with van der Waals surface area (Å²) in [7, 11) is 0. The van der Waals surface area contributed by atoms with Crippen molar-refractivity contribution in [2.45, 2.75) is 39.8 Å². The Kier molecular flexibility index (Phi) is 4.78. The molecule has 0 fully saturated rings. The molecule has 0 saturated carbocycles. The van der Waals surface area contributed by atoms with Crippen LogP contribution in [0.5, 0.6) is 5.75 Å². The van der Waals surface area contributed by atoms with Crippen molar-refractivity contribution in [3.05, 3.63) is 52.5 Å². The minimum absolute atomic E-state index is 0.0213. The van der Waals surface area contributed by atoms with E-state index in [-0.39, 0.29) is 28.7 Å². The molecular formula is C19H19F3N4O2. The van der Waals surface area contributed by atoms with E-state index in [4.69, 9.17) is 0 Å². The van der Waals surface area contributed by atoms with Crippen LogP contribution in [-0.4, -0.2) is 25.6 Å². The Morgan fingerprint density at radius 3 is 2.46 bits per heavy atom. The molecule has 2 N–H and O–H groups in total. The standard InChI is InChI=1S/C19H19F3N4O2/c1-9(2)12-7-13(10(3)5-15(12)27)24-18(28)14-8-17-23-11(4)6-16(19(20,21)22)26(17)25-14/h5-9,27H,1-4H3,(H,24,28). The molecule has 0 spiro atoms. The number of aryl methyl sites for hydroxylation is 2. The Balaban J connectivity index is 2.00. The summed E-state index contributed by atoms with van der Waals surface area (Å²) in [5.41, 5.74) is 0.616. The smallest absolute Gasteiger partial charge is 0.433 e. The van der Waals surface area contributed by atoms with E-state index in [0.717, 1.165) is 6.07 Å². The molecule has 0 aliphatic heterocycles. The van der Waals surface area contributed by atoms with Crippen LogP contribution in [0, 0.1) is 13.8 Å². The molecule has 148 valence electrons. The van der Waals surface area contributed by atoms with Crippen molar-refractivity contribution in [1.29, 1.82) is 0 Å². The number of aromatic hydroxyl groups is 1. The molecular weight excluding hydrogens is 373 g/mol. The number of benzene rings is 1. The molecule has 2 heterocycles. The topological polar surface area (TPSA) is 79.5 Å². The number of amides is 1. The highest BCUT2D eigenvalue weighted by Crippen LogP contribution is 2.32. The van der Waals surface area contributed by atoms with Crippen molar-refractivity contribution in [3.63, 3.8) is 0 Å². The molecule has 1 aromatic carbocycles. The number of hydrogen-bond donors (Lipinski definition) is 2. The van der Waals surface area contributed by atoms with Crippen molar-refractivity contribution >= 4 is 17.2 Å². The Morgan fingerprint density at radius 1 is 1.18 bits per heavy atom. The van der Waals surface area contributed by atoms with Gasteiger partial charge in [-0.05, 0) is 49.1 Å². The van der Waals surface area contributed by atoms with Gasteiger partial charge in [0.2, 0.25) is 0 Å². The third-order valence-corrected chi connectivity index (χ3v) is 4.32. The summed E-state index contributed by atoms with van der Waals surface area (Å²) in [5, 5.41) is 16.5. The van der Waals surface area contributed by atoms with Crippen molar-refractivity contribution in [3.8, 4) is 5.75 Å². The molecule has 0 bridgehead atoms. The highest BCUT2D eigenvalue weighted by atomic mass is 19.4. The normalized spacial score (nSPS) is 12.0. The van der Waals surface area contributed by atoms with Crippen LogP contribution in [0.3, 0.4) is 0 Å². The molecule has 3 aromatic rings. The number of halogens is 3. The summed E-state index contributed by atoms with van der Waals surface area (Å²) < 4.78 is 40.4. The number of anilines is 1. The first-order chi connectivity index (χ1) is 13.0. The first-order valence-corrected chi connectivity index (χ1v) is 8.57. The molecule has 0 saturated heterocycles. The van der Waals surface area contributed by atoms with Gasteiger partial charge in [-0.3, -0.25) is 4.79 Å². The fourth-order valence-electron chi connectivity index (χ4n) is 2.91. The number of nitrogens with zero attached hydrogens (tertiary/aromatic N) is 3. The second kappa shape index (κ2) is 6.81. The van der Waals surface area contributed by atoms with E-state index >= 15 is 0 Å². The maximum atomic E-state index is 13.3. The van der Waals surface area contributed by atoms with Gasteiger partial charge >= 0.3 is 6.18 Å². The molecule has 3 rings (SSSR count). The predicted molar refractivity (Wildman–Crippen MR) is 97.6 cm³/mol. The van der Waals surface area contributed by atoms with Gasteiger partial charge in [0.25, 0.3) is 5.91 Å². The van der Waals surface area contributed by atoms with Crippen LogP contribution < -0.4 is 5.32 Å². The number of carbonyl (C=O) groups is 1. The molecule has 1 amide bonds. The molecule has 2 aromatic heterocycles. The number of aromatic nitrogens is 3. The number of fused-ring (bicyclic) bond motifs is 1. The molecule has 9 heteroatoms. The van der Waals surface area contributed by atoms with E-state index in [1.165, 1.54) is 19.1 Å². The maximum Gasteiger partial charge on any atom is 0.433 e. The minimum atomic E-state index is -4.63. The summed E-state index contributed by atoms with van der Waals surface area (Å²) in [4.78, 5) is 16.6. The van der Waals surface area contributed by atoms with Crippen LogP contribution in [-0.2, 0) is 6.18 Å². The number of alkyl halides is 3. The van der Waals surface area contributed by atoms with E-state index < -0.39 is 17.8 Å². The number of carbonyl (C=O) groups excluding carboxylic acids is 1. The Morgan fingerprint density at radius 2 is 1.86 bits per heavy atom. The SMILES string of the molecule is Cc1cc(C(F)(F)F)n2nc(C(=O)Nc3cc(C(C)C)c(O)cc3C)cc2n1. The van der Waals surface area contributed by atoms with Crippen LogP contribution in [0.2, 0.25) is 0 Å². The number of rotatable bonds is 3. The number of phenols is 1. The second-order valence-electron chi connectivity index (χ2n) is 6.91. The van der Waals surface area contributed by atoms with Gasteiger partial charge in [0.15, 0.2) is 11.3 Å². The first-order valence-electron chi connectivity index (χ1n) is 8.57. The lowest BCUT2D eigenvalue weighted by atomic mass is 9.99. The highest BCUT2D eigenvalue weighted by molar-refractivity contribution is 6.04. The van der Waals surface area contributed by atoms with Gasteiger partial charge in [-0.2, -0.15) is 18.3 Å². The average Bonchev–Trinajstić information content (AvgIpc) is 2.98. The molecule has 0 unspecified atom stereocenters. The van der Waals surface area contributed by atoms with Crippen LogP contribution in [0.4, 0.5) is 18.9 Å². The van der Waals surface area contributed by atoms with E-state index in [1.807, 2.05) is 13.8 Å². The summed E-state index contributed by atoms with van der Waals surface area (Å²) in [6.45, 7) is 6.93. The third kappa shape index (κ3) is 3.64. The highest BCUT2D eigenvalue weighted by Gasteiger charge is 2.35. The second-order valence-corrected chi connectivity index (χ2v) is 6.91. The Bertz CT molecular complexity index is 1070. The number of nitrogens with one attached hydrogen (secondary N) is 1. The molecule has 0 atom stereocenters. The van der Waals surface area contributed by atoms with Crippen molar-refractivity contribution in [1.82, 2.24) is 14.6 Å². The van der Waals surface area contributed by atoms with Crippen LogP contribution >= 0.6 is 0 Å². The van der Waals surface area contributed by atoms with Crippen molar-refractivity contribution in [2.75, 3.05) is 5.32 Å². The predicted octanol–water partition coefficient (Wildman–Crippen LogP) is 4.45. The first kappa shape index (κ1) is 19.7. The summed E-state index contributed by atoms with van der Waals surface area (Å²) >= 11 is 0. The zero-order valence-corrected chi connectivity index (χ0v) is 15.7. The number of phenolic OH excluding ortho intramolecular Hbond substituents is 1. The van der Waals surface area contributed by atoms with E-state index in [1.54, 1.807) is 13.0 Å². The van der Waals surface area contributed by atoms with Crippen LogP contribution in [0.25, 0.3) is 5.65 Å². The van der Waals surface area contributed by atoms with Gasteiger partial charge in [-0.25, -0.2) is 9.50 Å². The lowest BCUT2D eigenvalue weighted by Crippen LogP contribution is -2.16. The van der Waals surface area contributed by atoms with Crippen molar-refractivity contribution < 1.29 is 23.1 Å². The van der Waals surface area contributed by atoms with E-state index in [2.05, 4.69) is 15.4 Å². The summed E-state index contributed by atoms with van der Waals surface area (Å²) in [6, 6.07) is 5.26. The molecule has 0 aliphatic carbocycles. The van der Waals surface area contributed by atoms with Gasteiger partial charge in [-0.1, -0.05) is 13.8 Å². The van der Waals surface area contributed by atoms with Gasteiger partial charge in [-0.15, -0.1) is 0 Å².